The highest BCUT2D eigenvalue weighted by atomic mass is 16.5. The van der Waals surface area contributed by atoms with Gasteiger partial charge in [0.25, 0.3) is 0 Å². The average molecular weight is 356 g/mol. The molecule has 1 saturated carbocycles. The highest BCUT2D eigenvalue weighted by Gasteiger charge is 2.26. The number of fused-ring (bicyclic) bond motifs is 3. The summed E-state index contributed by atoms with van der Waals surface area (Å²) in [6.07, 6.45) is 10.6. The van der Waals surface area contributed by atoms with E-state index < -0.39 is 0 Å². The van der Waals surface area contributed by atoms with Gasteiger partial charge in [0, 0.05) is 37.8 Å². The number of nitrogens with zero attached hydrogens (tertiary/aromatic N) is 3. The number of H-pyrrole nitrogens is 1. The second-order valence-electron chi connectivity index (χ2n) is 6.90. The summed E-state index contributed by atoms with van der Waals surface area (Å²) >= 11 is 0. The summed E-state index contributed by atoms with van der Waals surface area (Å²) in [4.78, 5) is 24.0. The van der Waals surface area contributed by atoms with E-state index in [0.717, 1.165) is 47.8 Å². The second kappa shape index (κ2) is 7.45. The molecule has 1 aliphatic rings. The fourth-order valence-electron chi connectivity index (χ4n) is 3.86. The lowest BCUT2D eigenvalue weighted by atomic mass is 9.92. The summed E-state index contributed by atoms with van der Waals surface area (Å²) in [5, 5.41) is 1.10. The molecule has 3 aromatic rings. The number of aromatic amines is 1. The molecular weight excluding hydrogens is 332 g/mol. The fourth-order valence-corrected chi connectivity index (χ4v) is 3.86. The third-order valence-corrected chi connectivity index (χ3v) is 5.18. The van der Waals surface area contributed by atoms with Crippen LogP contribution in [0.4, 0.5) is 0 Å². The van der Waals surface area contributed by atoms with Gasteiger partial charge in [0.2, 0.25) is 0 Å². The molecule has 1 fully saturated rings. The Morgan fingerprint density at radius 1 is 1.31 bits per heavy atom. The molecule has 7 nitrogen and oxygen atoms in total. The van der Waals surface area contributed by atoms with E-state index in [1.165, 1.54) is 0 Å². The van der Waals surface area contributed by atoms with Crippen molar-refractivity contribution in [1.29, 1.82) is 0 Å². The van der Waals surface area contributed by atoms with Crippen LogP contribution in [0.3, 0.4) is 0 Å². The van der Waals surface area contributed by atoms with Gasteiger partial charge in [0.1, 0.15) is 17.3 Å². The Morgan fingerprint density at radius 2 is 2.15 bits per heavy atom. The Balaban J connectivity index is 1.41. The molecule has 3 heterocycles. The molecule has 0 spiro atoms. The summed E-state index contributed by atoms with van der Waals surface area (Å²) < 4.78 is 12.9. The molecule has 0 unspecified atom stereocenters. The molecule has 1 aliphatic carbocycles. The van der Waals surface area contributed by atoms with Gasteiger partial charge in [-0.15, -0.1) is 0 Å². The molecule has 1 N–H and O–H groups in total. The molecule has 0 bridgehead atoms. The topological polar surface area (TPSA) is 82.0 Å². The first kappa shape index (κ1) is 17.0. The van der Waals surface area contributed by atoms with Gasteiger partial charge in [0.15, 0.2) is 0 Å². The van der Waals surface area contributed by atoms with Crippen molar-refractivity contribution in [2.24, 2.45) is 0 Å². The lowest BCUT2D eigenvalue weighted by molar-refractivity contribution is -0.151. The van der Waals surface area contributed by atoms with Crippen molar-refractivity contribution in [2.75, 3.05) is 13.7 Å². The van der Waals surface area contributed by atoms with Gasteiger partial charge >= 0.3 is 5.97 Å². The molecule has 0 aromatic carbocycles. The van der Waals surface area contributed by atoms with Gasteiger partial charge in [-0.1, -0.05) is 0 Å². The normalized spacial score (nSPS) is 20.7. The van der Waals surface area contributed by atoms with Crippen LogP contribution in [0, 0.1) is 0 Å². The third-order valence-electron chi connectivity index (χ3n) is 5.18. The Hall–Kier alpha value is -2.41. The lowest BCUT2D eigenvalue weighted by Gasteiger charge is -2.29. The number of aromatic nitrogens is 4. The maximum Gasteiger partial charge on any atom is 0.306 e. The molecule has 0 radical (unpaired) electrons. The smallest absolute Gasteiger partial charge is 0.306 e. The summed E-state index contributed by atoms with van der Waals surface area (Å²) in [6.45, 7) is 0.595. The number of imidazole rings is 1. The zero-order valence-corrected chi connectivity index (χ0v) is 15.0. The lowest BCUT2D eigenvalue weighted by Crippen LogP contribution is -2.25. The molecule has 0 amide bonds. The highest BCUT2D eigenvalue weighted by Crippen LogP contribution is 2.34. The molecule has 4 rings (SSSR count). The predicted molar refractivity (Wildman–Crippen MR) is 97.9 cm³/mol. The number of ether oxygens (including phenoxy) is 2. The van der Waals surface area contributed by atoms with E-state index in [1.54, 1.807) is 7.11 Å². The second-order valence-corrected chi connectivity index (χ2v) is 6.90. The molecule has 26 heavy (non-hydrogen) atoms. The van der Waals surface area contributed by atoms with E-state index in [4.69, 9.17) is 9.47 Å². The minimum absolute atomic E-state index is 0.0324. The largest absolute Gasteiger partial charge is 0.462 e. The van der Waals surface area contributed by atoms with Crippen molar-refractivity contribution in [1.82, 2.24) is 19.5 Å². The fraction of sp³-hybridized carbons (Fsp3) is 0.526. The molecule has 0 atom stereocenters. The first-order valence-electron chi connectivity index (χ1n) is 9.23. The van der Waals surface area contributed by atoms with Crippen molar-refractivity contribution < 1.29 is 14.3 Å². The Morgan fingerprint density at radius 3 is 2.96 bits per heavy atom. The van der Waals surface area contributed by atoms with E-state index in [2.05, 4.69) is 25.6 Å². The number of carbonyl (C=O) groups excluding carboxylic acids is 1. The van der Waals surface area contributed by atoms with Crippen molar-refractivity contribution >= 4 is 28.0 Å². The summed E-state index contributed by atoms with van der Waals surface area (Å²) in [5.74, 6) is -0.112. The number of esters is 1. The minimum Gasteiger partial charge on any atom is -0.462 e. The highest BCUT2D eigenvalue weighted by molar-refractivity contribution is 6.00. The standard InChI is InChI=1S/C19H24N4O3/c1-25-10-2-3-17(24)26-14-6-4-13(5-7-14)23-12-22-16-11-21-19-15(18(16)23)8-9-20-19/h8-9,11-14H,2-7,10H2,1H3,(H,20,21). The summed E-state index contributed by atoms with van der Waals surface area (Å²) in [5.41, 5.74) is 2.94. The van der Waals surface area contributed by atoms with E-state index in [9.17, 15) is 4.79 Å². The van der Waals surface area contributed by atoms with Crippen molar-refractivity contribution in [3.05, 3.63) is 24.8 Å². The van der Waals surface area contributed by atoms with Crippen molar-refractivity contribution in [2.45, 2.75) is 50.7 Å². The minimum atomic E-state index is -0.112. The zero-order valence-electron chi connectivity index (χ0n) is 15.0. The van der Waals surface area contributed by atoms with E-state index >= 15 is 0 Å². The van der Waals surface area contributed by atoms with E-state index in [1.807, 2.05) is 18.7 Å². The van der Waals surface area contributed by atoms with Gasteiger partial charge in [-0.05, 0) is 38.2 Å². The van der Waals surface area contributed by atoms with Crippen LogP contribution in [-0.4, -0.2) is 45.3 Å². The van der Waals surface area contributed by atoms with Crippen LogP contribution in [0.1, 0.15) is 44.6 Å². The summed E-state index contributed by atoms with van der Waals surface area (Å²) in [7, 11) is 1.64. The van der Waals surface area contributed by atoms with Crippen LogP contribution in [0.5, 0.6) is 0 Å². The van der Waals surface area contributed by atoms with Crippen LogP contribution < -0.4 is 0 Å². The van der Waals surface area contributed by atoms with Gasteiger partial charge in [-0.3, -0.25) is 4.79 Å². The van der Waals surface area contributed by atoms with Gasteiger partial charge in [-0.25, -0.2) is 9.97 Å². The van der Waals surface area contributed by atoms with Crippen LogP contribution >= 0.6 is 0 Å². The monoisotopic (exact) mass is 356 g/mol. The Bertz CT molecular complexity index is 893. The first-order chi connectivity index (χ1) is 12.8. The Kier molecular flexibility index (Phi) is 4.88. The number of rotatable bonds is 6. The molecule has 3 aromatic heterocycles. The van der Waals surface area contributed by atoms with Crippen LogP contribution in [0.2, 0.25) is 0 Å². The first-order valence-corrected chi connectivity index (χ1v) is 9.23. The number of hydrogen-bond donors (Lipinski definition) is 1. The molecule has 0 aliphatic heterocycles. The van der Waals surface area contributed by atoms with Crippen LogP contribution in [0.25, 0.3) is 22.1 Å². The number of hydrogen-bond acceptors (Lipinski definition) is 5. The van der Waals surface area contributed by atoms with E-state index in [0.29, 0.717) is 25.5 Å². The maximum absolute atomic E-state index is 11.9. The average Bonchev–Trinajstić information content (AvgIpc) is 3.28. The number of methoxy groups -OCH3 is 1. The van der Waals surface area contributed by atoms with Crippen LogP contribution in [0.15, 0.2) is 24.8 Å². The van der Waals surface area contributed by atoms with Gasteiger partial charge in [0.05, 0.1) is 18.0 Å². The molecule has 0 saturated heterocycles. The number of pyridine rings is 1. The molecule has 138 valence electrons. The SMILES string of the molecule is COCCCC(=O)OC1CCC(n2cnc3cnc4[nH]ccc4c32)CC1. The van der Waals surface area contributed by atoms with Crippen molar-refractivity contribution in [3.8, 4) is 0 Å². The Labute approximate surface area is 151 Å². The van der Waals surface area contributed by atoms with Gasteiger partial charge in [-0.2, -0.15) is 0 Å². The van der Waals surface area contributed by atoms with Gasteiger partial charge < -0.3 is 19.0 Å². The molecule has 7 heteroatoms. The quantitative estimate of drug-likeness (QED) is 0.541. The third kappa shape index (κ3) is 3.31. The number of nitrogens with one attached hydrogen (secondary N) is 1. The zero-order chi connectivity index (χ0) is 17.9. The van der Waals surface area contributed by atoms with Crippen molar-refractivity contribution in [3.63, 3.8) is 0 Å². The predicted octanol–water partition coefficient (Wildman–Crippen LogP) is 3.37. The van der Waals surface area contributed by atoms with E-state index in [-0.39, 0.29) is 12.1 Å². The summed E-state index contributed by atoms with van der Waals surface area (Å²) in [6, 6.07) is 2.43. The van der Waals surface area contributed by atoms with Crippen LogP contribution in [-0.2, 0) is 14.3 Å². The molecular formula is C19H24N4O3. The number of carbonyl (C=O) groups is 1. The maximum atomic E-state index is 11.9.